The van der Waals surface area contributed by atoms with E-state index in [1.54, 1.807) is 0 Å². The molecule has 1 aromatic heterocycles. The summed E-state index contributed by atoms with van der Waals surface area (Å²) in [5.74, 6) is -57.3. The van der Waals surface area contributed by atoms with E-state index in [1.165, 1.54) is 0 Å². The molecule has 0 saturated carbocycles. The van der Waals surface area contributed by atoms with Gasteiger partial charge in [-0.05, 0) is 24.1 Å². The van der Waals surface area contributed by atoms with Gasteiger partial charge in [0.2, 0.25) is 0 Å². The number of benzene rings is 1. The predicted molar refractivity (Wildman–Crippen MR) is 111 cm³/mol. The molecular formula is C22H13F20N3. The topological polar surface area (TPSA) is 37.8 Å². The Kier molecular flexibility index (Phi) is 9.68. The van der Waals surface area contributed by atoms with Crippen LogP contribution in [0.4, 0.5) is 93.6 Å². The van der Waals surface area contributed by atoms with Crippen molar-refractivity contribution in [3.63, 3.8) is 0 Å². The van der Waals surface area contributed by atoms with E-state index in [2.05, 4.69) is 15.3 Å². The van der Waals surface area contributed by atoms with Gasteiger partial charge in [0, 0.05) is 24.7 Å². The summed E-state index contributed by atoms with van der Waals surface area (Å²) in [6.45, 7) is -1.04. The van der Waals surface area contributed by atoms with Crippen molar-refractivity contribution in [2.45, 2.75) is 66.7 Å². The van der Waals surface area contributed by atoms with E-state index in [1.807, 2.05) is 0 Å². The summed E-state index contributed by atoms with van der Waals surface area (Å²) < 4.78 is 265. The first kappa shape index (κ1) is 37.9. The fraction of sp³-hybridized carbons (Fsp3) is 0.545. The van der Waals surface area contributed by atoms with E-state index in [4.69, 9.17) is 0 Å². The molecular weight excluding hydrogens is 686 g/mol. The third-order valence-corrected chi connectivity index (χ3v) is 5.98. The number of nitrogens with one attached hydrogen (secondary N) is 1. The summed E-state index contributed by atoms with van der Waals surface area (Å²) in [5.41, 5.74) is -1.33. The number of rotatable bonds is 12. The van der Waals surface area contributed by atoms with E-state index in [9.17, 15) is 87.8 Å². The number of hydrogen-bond acceptors (Lipinski definition) is 3. The summed E-state index contributed by atoms with van der Waals surface area (Å²) in [6, 6.07) is 2.95. The summed E-state index contributed by atoms with van der Waals surface area (Å²) in [5, 5.41) is 2.13. The lowest BCUT2D eigenvalue weighted by molar-refractivity contribution is -0.461. The molecule has 0 atom stereocenters. The number of aromatic nitrogens is 2. The van der Waals surface area contributed by atoms with Gasteiger partial charge < -0.3 is 5.32 Å². The molecule has 0 bridgehead atoms. The highest BCUT2D eigenvalue weighted by atomic mass is 19.4. The van der Waals surface area contributed by atoms with Crippen LogP contribution in [0.25, 0.3) is 11.1 Å². The Morgan fingerprint density at radius 3 is 1.44 bits per heavy atom. The van der Waals surface area contributed by atoms with Crippen molar-refractivity contribution in [3.05, 3.63) is 42.4 Å². The lowest BCUT2D eigenvalue weighted by atomic mass is 9.88. The van der Waals surface area contributed by atoms with E-state index in [-0.39, 0.29) is 11.1 Å². The maximum absolute atomic E-state index is 14.1. The van der Waals surface area contributed by atoms with Crippen LogP contribution in [0.3, 0.4) is 0 Å². The molecule has 45 heavy (non-hydrogen) atoms. The Morgan fingerprint density at radius 2 is 1.00 bits per heavy atom. The van der Waals surface area contributed by atoms with Crippen molar-refractivity contribution in [3.8, 4) is 11.1 Å². The van der Waals surface area contributed by atoms with Crippen LogP contribution in [0, 0.1) is 0 Å². The van der Waals surface area contributed by atoms with Crippen molar-refractivity contribution in [1.82, 2.24) is 9.97 Å². The third kappa shape index (κ3) is 6.26. The molecule has 1 aromatic carbocycles. The van der Waals surface area contributed by atoms with E-state index in [0.29, 0.717) is 12.1 Å². The van der Waals surface area contributed by atoms with Gasteiger partial charge in [-0.1, -0.05) is 12.1 Å². The molecule has 0 aliphatic carbocycles. The maximum atomic E-state index is 14.1. The molecule has 1 heterocycles. The van der Waals surface area contributed by atoms with Crippen molar-refractivity contribution in [1.29, 1.82) is 0 Å². The molecule has 1 N–H and O–H groups in total. The summed E-state index contributed by atoms with van der Waals surface area (Å²) in [6.07, 6.45) is -15.0. The smallest absolute Gasteiger partial charge is 0.369 e. The molecule has 0 aliphatic rings. The molecule has 0 unspecified atom stereocenters. The van der Waals surface area contributed by atoms with Gasteiger partial charge in [0.25, 0.3) is 0 Å². The molecule has 0 aliphatic heterocycles. The Balaban J connectivity index is 2.27. The van der Waals surface area contributed by atoms with Crippen molar-refractivity contribution >= 4 is 5.82 Å². The Hall–Kier alpha value is -3.30. The van der Waals surface area contributed by atoms with Gasteiger partial charge in [0.1, 0.15) is 12.1 Å². The molecule has 0 spiro atoms. The molecule has 0 radical (unpaired) electrons. The molecule has 2 rings (SSSR count). The fourth-order valence-corrected chi connectivity index (χ4v) is 3.39. The molecule has 0 saturated heterocycles. The van der Waals surface area contributed by atoms with Crippen LogP contribution < -0.4 is 5.32 Å². The van der Waals surface area contributed by atoms with Crippen LogP contribution in [0.2, 0.25) is 0 Å². The van der Waals surface area contributed by atoms with Crippen LogP contribution >= 0.6 is 0 Å². The average Bonchev–Trinajstić information content (AvgIpc) is 2.89. The Morgan fingerprint density at radius 1 is 0.556 bits per heavy atom. The number of hydrogen-bond donors (Lipinski definition) is 1. The zero-order valence-electron chi connectivity index (χ0n) is 21.0. The number of nitrogens with zero attached hydrogens (tertiary/aromatic N) is 2. The SMILES string of the molecule is FC(F)(F)c1ccc(-c2cncnc2NCCCC(F)(F)C(F)(F)C(F)(F)C(F)(F)C(F)(F)C(F)(F)C(F)(F)C(F)(F)F)cc1. The zero-order valence-corrected chi connectivity index (χ0v) is 21.0. The van der Waals surface area contributed by atoms with Gasteiger partial charge in [-0.3, -0.25) is 0 Å². The Bertz CT molecular complexity index is 1310. The first-order valence-corrected chi connectivity index (χ1v) is 11.3. The summed E-state index contributed by atoms with van der Waals surface area (Å²) >= 11 is 0. The van der Waals surface area contributed by atoms with Crippen molar-refractivity contribution < 1.29 is 87.8 Å². The highest BCUT2D eigenvalue weighted by molar-refractivity contribution is 5.74. The van der Waals surface area contributed by atoms with Crippen LogP contribution in [0.1, 0.15) is 18.4 Å². The fourth-order valence-electron chi connectivity index (χ4n) is 3.39. The lowest BCUT2D eigenvalue weighted by Gasteiger charge is -2.42. The quantitative estimate of drug-likeness (QED) is 0.177. The minimum absolute atomic E-state index is 0.0568. The van der Waals surface area contributed by atoms with Crippen LogP contribution in [0.15, 0.2) is 36.8 Å². The molecule has 0 fully saturated rings. The Labute approximate surface area is 236 Å². The van der Waals surface area contributed by atoms with Crippen molar-refractivity contribution in [2.75, 3.05) is 11.9 Å². The second-order valence-corrected chi connectivity index (χ2v) is 9.04. The van der Waals surface area contributed by atoms with E-state index < -0.39 is 84.6 Å². The van der Waals surface area contributed by atoms with E-state index in [0.717, 1.165) is 24.7 Å². The van der Waals surface area contributed by atoms with Gasteiger partial charge in [-0.15, -0.1) is 0 Å². The first-order valence-electron chi connectivity index (χ1n) is 11.3. The maximum Gasteiger partial charge on any atom is 0.460 e. The predicted octanol–water partition coefficient (Wildman–Crippen LogP) is 9.36. The monoisotopic (exact) mass is 699 g/mol. The minimum Gasteiger partial charge on any atom is -0.369 e. The van der Waals surface area contributed by atoms with Crippen LogP contribution in [-0.2, 0) is 6.18 Å². The van der Waals surface area contributed by atoms with Crippen LogP contribution in [-0.4, -0.2) is 64.1 Å². The second kappa shape index (κ2) is 11.5. The standard InChI is InChI=1S/C22H13F20N3/c23-14(24,6-1-7-44-13-12(8-43-9-45-13)10-2-4-11(5-3-10)15(25,26)27)16(28,29)17(30,31)18(32,33)19(34,35)20(36,37)21(38,39)22(40,41)42/h2-5,8-9H,1,6-7H2,(H,43,44,45). The number of alkyl halides is 20. The zero-order chi connectivity index (χ0) is 35.3. The van der Waals surface area contributed by atoms with Crippen LogP contribution in [0.5, 0.6) is 0 Å². The second-order valence-electron chi connectivity index (χ2n) is 9.04. The number of anilines is 1. The first-order chi connectivity index (χ1) is 19.9. The summed E-state index contributed by atoms with van der Waals surface area (Å²) in [7, 11) is 0. The largest absolute Gasteiger partial charge is 0.460 e. The molecule has 23 heteroatoms. The normalized spacial score (nSPS) is 14.9. The molecule has 0 amide bonds. The molecule has 3 nitrogen and oxygen atoms in total. The van der Waals surface area contributed by atoms with Gasteiger partial charge >= 0.3 is 53.8 Å². The summed E-state index contributed by atoms with van der Waals surface area (Å²) in [4.78, 5) is 7.11. The molecule has 2 aromatic rings. The number of halogens is 20. The van der Waals surface area contributed by atoms with Gasteiger partial charge in [-0.2, -0.15) is 87.8 Å². The highest BCUT2D eigenvalue weighted by Crippen LogP contribution is 2.64. The minimum atomic E-state index is -8.70. The van der Waals surface area contributed by atoms with Gasteiger partial charge in [-0.25, -0.2) is 9.97 Å². The highest BCUT2D eigenvalue weighted by Gasteiger charge is 2.95. The average molecular weight is 699 g/mol. The van der Waals surface area contributed by atoms with Crippen molar-refractivity contribution in [2.24, 2.45) is 0 Å². The lowest BCUT2D eigenvalue weighted by Crippen LogP contribution is -2.74. The van der Waals surface area contributed by atoms with Gasteiger partial charge in [0.15, 0.2) is 0 Å². The third-order valence-electron chi connectivity index (χ3n) is 5.98. The molecule has 256 valence electrons. The van der Waals surface area contributed by atoms with Gasteiger partial charge in [0.05, 0.1) is 5.56 Å². The van der Waals surface area contributed by atoms with E-state index >= 15 is 0 Å².